The standard InChI is InChI=1S/C13H32N4/c1-6-17(11-7-10-15(2)3)13-9-14-8-12-16(4)5/h14H,6-13H2,1-5H3. The summed E-state index contributed by atoms with van der Waals surface area (Å²) in [5.74, 6) is 0. The van der Waals surface area contributed by atoms with Crippen LogP contribution < -0.4 is 5.32 Å². The van der Waals surface area contributed by atoms with Crippen LogP contribution in [0, 0.1) is 0 Å². The van der Waals surface area contributed by atoms with Gasteiger partial charge in [0.15, 0.2) is 0 Å². The normalized spacial score (nSPS) is 12.0. The van der Waals surface area contributed by atoms with E-state index in [9.17, 15) is 0 Å². The van der Waals surface area contributed by atoms with Gasteiger partial charge in [0.05, 0.1) is 0 Å². The third kappa shape index (κ3) is 12.1. The van der Waals surface area contributed by atoms with Gasteiger partial charge in [0.25, 0.3) is 0 Å². The van der Waals surface area contributed by atoms with Gasteiger partial charge in [-0.25, -0.2) is 0 Å². The summed E-state index contributed by atoms with van der Waals surface area (Å²) in [6, 6.07) is 0. The second-order valence-corrected chi connectivity index (χ2v) is 5.14. The number of hydrogen-bond acceptors (Lipinski definition) is 4. The third-order valence-electron chi connectivity index (χ3n) is 2.87. The van der Waals surface area contributed by atoms with Gasteiger partial charge in [-0.15, -0.1) is 0 Å². The van der Waals surface area contributed by atoms with Gasteiger partial charge in [-0.3, -0.25) is 0 Å². The lowest BCUT2D eigenvalue weighted by Crippen LogP contribution is -2.36. The molecule has 0 aromatic carbocycles. The molecule has 17 heavy (non-hydrogen) atoms. The van der Waals surface area contributed by atoms with Crippen molar-refractivity contribution in [2.45, 2.75) is 13.3 Å². The van der Waals surface area contributed by atoms with E-state index in [0.717, 1.165) is 32.7 Å². The molecule has 0 aliphatic rings. The van der Waals surface area contributed by atoms with Gasteiger partial charge < -0.3 is 20.0 Å². The Hall–Kier alpha value is -0.160. The Bertz CT molecular complexity index is 159. The Morgan fingerprint density at radius 1 is 0.765 bits per heavy atom. The first-order valence-corrected chi connectivity index (χ1v) is 6.78. The Kier molecular flexibility index (Phi) is 10.9. The molecule has 0 aromatic rings. The van der Waals surface area contributed by atoms with Crippen molar-refractivity contribution in [3.8, 4) is 0 Å². The molecule has 0 saturated carbocycles. The zero-order valence-corrected chi connectivity index (χ0v) is 12.5. The number of likely N-dealkylation sites (N-methyl/N-ethyl adjacent to an activating group) is 2. The molecule has 0 atom stereocenters. The van der Waals surface area contributed by atoms with Crippen molar-refractivity contribution in [1.29, 1.82) is 0 Å². The molecule has 0 aromatic heterocycles. The molecule has 0 radical (unpaired) electrons. The van der Waals surface area contributed by atoms with Crippen LogP contribution in [0.4, 0.5) is 0 Å². The fourth-order valence-electron chi connectivity index (χ4n) is 1.70. The van der Waals surface area contributed by atoms with Crippen LogP contribution in [0.15, 0.2) is 0 Å². The molecule has 0 bridgehead atoms. The number of hydrogen-bond donors (Lipinski definition) is 1. The molecule has 4 heteroatoms. The Morgan fingerprint density at radius 3 is 1.88 bits per heavy atom. The van der Waals surface area contributed by atoms with Crippen LogP contribution >= 0.6 is 0 Å². The monoisotopic (exact) mass is 244 g/mol. The fraction of sp³-hybridized carbons (Fsp3) is 1.00. The average molecular weight is 244 g/mol. The van der Waals surface area contributed by atoms with Crippen molar-refractivity contribution in [3.05, 3.63) is 0 Å². The fourth-order valence-corrected chi connectivity index (χ4v) is 1.70. The van der Waals surface area contributed by atoms with Crippen LogP contribution in [0.5, 0.6) is 0 Å². The molecule has 0 spiro atoms. The Labute approximate surface area is 108 Å². The molecular formula is C13H32N4. The Morgan fingerprint density at radius 2 is 1.35 bits per heavy atom. The van der Waals surface area contributed by atoms with Crippen molar-refractivity contribution >= 4 is 0 Å². The maximum absolute atomic E-state index is 3.49. The van der Waals surface area contributed by atoms with E-state index < -0.39 is 0 Å². The number of rotatable bonds is 11. The SMILES string of the molecule is CCN(CCCN(C)C)CCNCCN(C)C. The van der Waals surface area contributed by atoms with Crippen molar-refractivity contribution < 1.29 is 0 Å². The van der Waals surface area contributed by atoms with Gasteiger partial charge in [-0.2, -0.15) is 0 Å². The predicted molar refractivity (Wildman–Crippen MR) is 76.7 cm³/mol. The molecule has 1 N–H and O–H groups in total. The molecule has 0 heterocycles. The van der Waals surface area contributed by atoms with Gasteiger partial charge in [0.2, 0.25) is 0 Å². The zero-order valence-electron chi connectivity index (χ0n) is 12.5. The first kappa shape index (κ1) is 16.8. The summed E-state index contributed by atoms with van der Waals surface area (Å²) >= 11 is 0. The summed E-state index contributed by atoms with van der Waals surface area (Å²) < 4.78 is 0. The quantitative estimate of drug-likeness (QED) is 0.532. The minimum atomic E-state index is 1.09. The topological polar surface area (TPSA) is 21.8 Å². The second-order valence-electron chi connectivity index (χ2n) is 5.14. The number of nitrogens with zero attached hydrogens (tertiary/aromatic N) is 3. The van der Waals surface area contributed by atoms with E-state index in [1.165, 1.54) is 19.5 Å². The van der Waals surface area contributed by atoms with Crippen molar-refractivity contribution in [2.75, 3.05) is 74.0 Å². The van der Waals surface area contributed by atoms with Gasteiger partial charge in [-0.05, 0) is 54.2 Å². The second kappa shape index (κ2) is 11.0. The van der Waals surface area contributed by atoms with Gasteiger partial charge in [0.1, 0.15) is 0 Å². The molecule has 4 nitrogen and oxygen atoms in total. The van der Waals surface area contributed by atoms with Crippen molar-refractivity contribution in [3.63, 3.8) is 0 Å². The average Bonchev–Trinajstić information content (AvgIpc) is 2.25. The summed E-state index contributed by atoms with van der Waals surface area (Å²) in [7, 11) is 8.50. The van der Waals surface area contributed by atoms with Gasteiger partial charge >= 0.3 is 0 Å². The van der Waals surface area contributed by atoms with E-state index in [2.05, 4.69) is 55.1 Å². The predicted octanol–water partition coefficient (Wildman–Crippen LogP) is 0.411. The van der Waals surface area contributed by atoms with Crippen molar-refractivity contribution in [1.82, 2.24) is 20.0 Å². The highest BCUT2D eigenvalue weighted by Gasteiger charge is 2.01. The van der Waals surface area contributed by atoms with Crippen LogP contribution in [-0.4, -0.2) is 88.7 Å². The molecule has 0 aliphatic heterocycles. The van der Waals surface area contributed by atoms with Crippen LogP contribution in [-0.2, 0) is 0 Å². The highest BCUT2D eigenvalue weighted by atomic mass is 15.1. The van der Waals surface area contributed by atoms with E-state index >= 15 is 0 Å². The van der Waals surface area contributed by atoms with E-state index in [1.54, 1.807) is 0 Å². The van der Waals surface area contributed by atoms with Gasteiger partial charge in [-0.1, -0.05) is 6.92 Å². The Balaban J connectivity index is 3.41. The summed E-state index contributed by atoms with van der Waals surface area (Å²) in [5.41, 5.74) is 0. The minimum Gasteiger partial charge on any atom is -0.314 e. The lowest BCUT2D eigenvalue weighted by Gasteiger charge is -2.21. The maximum Gasteiger partial charge on any atom is 0.0107 e. The zero-order chi connectivity index (χ0) is 13.1. The first-order chi connectivity index (χ1) is 8.06. The van der Waals surface area contributed by atoms with Crippen LogP contribution in [0.1, 0.15) is 13.3 Å². The summed E-state index contributed by atoms with van der Waals surface area (Å²) in [4.78, 5) is 6.98. The summed E-state index contributed by atoms with van der Waals surface area (Å²) in [6.45, 7) is 10.3. The smallest absolute Gasteiger partial charge is 0.0107 e. The third-order valence-corrected chi connectivity index (χ3v) is 2.87. The lowest BCUT2D eigenvalue weighted by atomic mass is 10.3. The van der Waals surface area contributed by atoms with E-state index in [-0.39, 0.29) is 0 Å². The lowest BCUT2D eigenvalue weighted by molar-refractivity contribution is 0.264. The van der Waals surface area contributed by atoms with Crippen LogP contribution in [0.3, 0.4) is 0 Å². The van der Waals surface area contributed by atoms with Crippen LogP contribution in [0.2, 0.25) is 0 Å². The number of nitrogens with one attached hydrogen (secondary N) is 1. The molecule has 0 rings (SSSR count). The molecule has 104 valence electrons. The van der Waals surface area contributed by atoms with Crippen LogP contribution in [0.25, 0.3) is 0 Å². The van der Waals surface area contributed by atoms with E-state index in [0.29, 0.717) is 0 Å². The van der Waals surface area contributed by atoms with E-state index in [1.807, 2.05) is 0 Å². The van der Waals surface area contributed by atoms with E-state index in [4.69, 9.17) is 0 Å². The van der Waals surface area contributed by atoms with Crippen molar-refractivity contribution in [2.24, 2.45) is 0 Å². The minimum absolute atomic E-state index is 1.09. The van der Waals surface area contributed by atoms with Gasteiger partial charge in [0, 0.05) is 26.2 Å². The summed E-state index contributed by atoms with van der Waals surface area (Å²) in [6.07, 6.45) is 1.26. The maximum atomic E-state index is 3.49. The molecule has 0 amide bonds. The first-order valence-electron chi connectivity index (χ1n) is 6.78. The largest absolute Gasteiger partial charge is 0.314 e. The highest BCUT2D eigenvalue weighted by molar-refractivity contribution is 4.60. The molecule has 0 saturated heterocycles. The molecule has 0 unspecified atom stereocenters. The molecule has 0 fully saturated rings. The highest BCUT2D eigenvalue weighted by Crippen LogP contribution is 1.91. The summed E-state index contributed by atoms with van der Waals surface area (Å²) in [5, 5.41) is 3.49. The molecule has 0 aliphatic carbocycles. The molecular weight excluding hydrogens is 212 g/mol.